The fourth-order valence-corrected chi connectivity index (χ4v) is 2.98. The summed E-state index contributed by atoms with van der Waals surface area (Å²) in [6.07, 6.45) is 1.20. The number of anilines is 2. The molecular weight excluding hydrogens is 451 g/mol. The number of rotatable bonds is 7. The molecule has 32 heavy (non-hydrogen) atoms. The number of benzene rings is 1. The van der Waals surface area contributed by atoms with Crippen molar-refractivity contribution in [2.24, 2.45) is 0 Å². The number of esters is 1. The maximum atomic E-state index is 14.6. The summed E-state index contributed by atoms with van der Waals surface area (Å²) in [5, 5.41) is 2.87. The third kappa shape index (κ3) is 4.64. The van der Waals surface area contributed by atoms with Gasteiger partial charge < -0.3 is 19.5 Å². The maximum Gasteiger partial charge on any atom is 0.341 e. The highest BCUT2D eigenvalue weighted by atomic mass is 35.5. The number of hydrogen-bond donors (Lipinski definition) is 1. The summed E-state index contributed by atoms with van der Waals surface area (Å²) in [7, 11) is 1.02. The van der Waals surface area contributed by atoms with E-state index in [1.165, 1.54) is 6.20 Å². The molecule has 0 amide bonds. The summed E-state index contributed by atoms with van der Waals surface area (Å²) >= 11 is 0. The van der Waals surface area contributed by atoms with Crippen molar-refractivity contribution in [2.45, 2.75) is 20.8 Å². The normalized spacial score (nSPS) is 10.5. The van der Waals surface area contributed by atoms with E-state index in [9.17, 15) is 18.0 Å². The smallest absolute Gasteiger partial charge is 0.341 e. The van der Waals surface area contributed by atoms with Gasteiger partial charge in [0.05, 0.1) is 37.4 Å². The number of carbonyl (C=O) groups excluding carboxylic acids is 1. The molecule has 0 aliphatic carbocycles. The molecule has 7 nitrogen and oxygen atoms in total. The van der Waals surface area contributed by atoms with Crippen molar-refractivity contribution in [1.29, 1.82) is 0 Å². The second-order valence-corrected chi connectivity index (χ2v) is 6.34. The number of aryl methyl sites for hydroxylation is 1. The van der Waals surface area contributed by atoms with Crippen LogP contribution in [0.4, 0.5) is 24.5 Å². The van der Waals surface area contributed by atoms with Crippen LogP contribution in [0.3, 0.4) is 0 Å². The summed E-state index contributed by atoms with van der Waals surface area (Å²) in [5.74, 6) is -5.22. The van der Waals surface area contributed by atoms with Gasteiger partial charge in [0.25, 0.3) is 0 Å². The van der Waals surface area contributed by atoms with Crippen LogP contribution in [0.5, 0.6) is 11.5 Å². The Bertz CT molecular complexity index is 1160. The van der Waals surface area contributed by atoms with Gasteiger partial charge in [0.1, 0.15) is 11.3 Å². The minimum atomic E-state index is -1.51. The van der Waals surface area contributed by atoms with Gasteiger partial charge in [0.2, 0.25) is 5.82 Å². The van der Waals surface area contributed by atoms with E-state index in [0.29, 0.717) is 18.1 Å². The molecule has 172 valence electrons. The van der Waals surface area contributed by atoms with Gasteiger partial charge in [-0.1, -0.05) is 0 Å². The van der Waals surface area contributed by atoms with Gasteiger partial charge in [-0.15, -0.1) is 12.4 Å². The molecule has 1 N–H and O–H groups in total. The van der Waals surface area contributed by atoms with Gasteiger partial charge in [-0.05, 0) is 26.8 Å². The van der Waals surface area contributed by atoms with Crippen molar-refractivity contribution >= 4 is 40.8 Å². The van der Waals surface area contributed by atoms with Gasteiger partial charge in [0.15, 0.2) is 23.0 Å². The minimum absolute atomic E-state index is 0. The lowest BCUT2D eigenvalue weighted by Gasteiger charge is -2.17. The highest BCUT2D eigenvalue weighted by Crippen LogP contribution is 2.36. The molecule has 0 saturated heterocycles. The number of nitrogens with zero attached hydrogens (tertiary/aromatic N) is 2. The number of fused-ring (bicyclic) bond motifs is 1. The molecule has 0 unspecified atom stereocenters. The van der Waals surface area contributed by atoms with Crippen LogP contribution in [-0.2, 0) is 4.74 Å². The van der Waals surface area contributed by atoms with E-state index < -0.39 is 34.9 Å². The number of nitrogens with one attached hydrogen (secondary N) is 1. The lowest BCUT2D eigenvalue weighted by molar-refractivity contribution is 0.0527. The number of ether oxygens (including phenoxy) is 3. The molecule has 0 saturated carbocycles. The zero-order chi connectivity index (χ0) is 22.7. The summed E-state index contributed by atoms with van der Waals surface area (Å²) < 4.78 is 58.2. The van der Waals surface area contributed by atoms with E-state index in [1.807, 2.05) is 0 Å². The van der Waals surface area contributed by atoms with E-state index in [0.717, 1.165) is 13.2 Å². The van der Waals surface area contributed by atoms with Crippen molar-refractivity contribution in [1.82, 2.24) is 9.97 Å². The first-order chi connectivity index (χ1) is 14.8. The molecule has 0 bridgehead atoms. The fourth-order valence-electron chi connectivity index (χ4n) is 2.98. The van der Waals surface area contributed by atoms with Gasteiger partial charge >= 0.3 is 5.97 Å². The second-order valence-electron chi connectivity index (χ2n) is 6.34. The Balaban J connectivity index is 0.00000363. The van der Waals surface area contributed by atoms with Crippen LogP contribution >= 0.6 is 12.4 Å². The van der Waals surface area contributed by atoms with Crippen molar-refractivity contribution in [3.63, 3.8) is 0 Å². The van der Waals surface area contributed by atoms with Crippen molar-refractivity contribution < 1.29 is 32.2 Å². The van der Waals surface area contributed by atoms with E-state index >= 15 is 0 Å². The fraction of sp³-hybridized carbons (Fsp3) is 0.286. The Kier molecular flexibility index (Phi) is 8.09. The van der Waals surface area contributed by atoms with Crippen molar-refractivity contribution in [2.75, 3.05) is 25.6 Å². The van der Waals surface area contributed by atoms with Gasteiger partial charge in [-0.2, -0.15) is 4.39 Å². The minimum Gasteiger partial charge on any atom is -0.492 e. The predicted molar refractivity (Wildman–Crippen MR) is 115 cm³/mol. The first-order valence-corrected chi connectivity index (χ1v) is 9.41. The van der Waals surface area contributed by atoms with E-state index in [1.54, 1.807) is 26.8 Å². The third-order valence-electron chi connectivity index (χ3n) is 4.38. The number of methoxy groups -OCH3 is 1. The Morgan fingerprint density at radius 3 is 2.47 bits per heavy atom. The van der Waals surface area contributed by atoms with E-state index in [2.05, 4.69) is 20.0 Å². The maximum absolute atomic E-state index is 14.6. The number of carbonyl (C=O) groups is 1. The predicted octanol–water partition coefficient (Wildman–Crippen LogP) is 5.10. The molecule has 0 atom stereocenters. The number of halogens is 4. The monoisotopic (exact) mass is 471 g/mol. The molecule has 3 aromatic rings. The molecular formula is C21H21ClF3N3O4. The number of pyridine rings is 2. The van der Waals surface area contributed by atoms with Crippen LogP contribution in [0.15, 0.2) is 18.3 Å². The molecule has 3 rings (SSSR count). The lowest BCUT2D eigenvalue weighted by atomic mass is 10.1. The summed E-state index contributed by atoms with van der Waals surface area (Å²) in [6, 6.07) is 2.29. The van der Waals surface area contributed by atoms with Gasteiger partial charge in [0, 0.05) is 17.6 Å². The molecule has 0 aliphatic heterocycles. The lowest BCUT2D eigenvalue weighted by Crippen LogP contribution is -2.11. The zero-order valence-corrected chi connectivity index (χ0v) is 18.5. The first kappa shape index (κ1) is 25.0. The standard InChI is InChI=1S/C21H20F3N3O4.ClH/c1-5-30-15-7-11-18(27-14-8-13(22)19(29-4)17(24)16(14)23)12(21(28)31-6-2)9-25-20(11)26-10(15)3;/h7-9H,5-6H2,1-4H3,(H,25,26,27);1H. The summed E-state index contributed by atoms with van der Waals surface area (Å²) in [4.78, 5) is 21.0. The number of aromatic nitrogens is 2. The Morgan fingerprint density at radius 2 is 1.84 bits per heavy atom. The molecule has 0 spiro atoms. The third-order valence-corrected chi connectivity index (χ3v) is 4.38. The average molecular weight is 472 g/mol. The van der Waals surface area contributed by atoms with Gasteiger partial charge in [-0.25, -0.2) is 23.5 Å². The quantitative estimate of drug-likeness (QED) is 0.379. The molecule has 0 radical (unpaired) electrons. The zero-order valence-electron chi connectivity index (χ0n) is 17.7. The largest absolute Gasteiger partial charge is 0.492 e. The summed E-state index contributed by atoms with van der Waals surface area (Å²) in [5.41, 5.74) is 0.154. The summed E-state index contributed by atoms with van der Waals surface area (Å²) in [6.45, 7) is 5.55. The molecule has 1 aromatic carbocycles. The van der Waals surface area contributed by atoms with Crippen LogP contribution in [0, 0.1) is 24.4 Å². The van der Waals surface area contributed by atoms with Crippen molar-refractivity contribution in [3.05, 3.63) is 47.0 Å². The second kappa shape index (κ2) is 10.4. The molecule has 2 heterocycles. The average Bonchev–Trinajstić information content (AvgIpc) is 2.73. The SMILES string of the molecule is CCOC(=O)c1cnc2nc(C)c(OCC)cc2c1Nc1cc(F)c(OC)c(F)c1F.Cl. The molecule has 0 aliphatic rings. The first-order valence-electron chi connectivity index (χ1n) is 9.41. The van der Waals surface area contributed by atoms with Crippen LogP contribution in [-0.4, -0.2) is 36.3 Å². The van der Waals surface area contributed by atoms with Gasteiger partial charge in [-0.3, -0.25) is 0 Å². The van der Waals surface area contributed by atoms with E-state index in [-0.39, 0.29) is 41.3 Å². The molecule has 0 fully saturated rings. The van der Waals surface area contributed by atoms with Crippen LogP contribution in [0.2, 0.25) is 0 Å². The topological polar surface area (TPSA) is 82.6 Å². The van der Waals surface area contributed by atoms with Crippen LogP contribution in [0.1, 0.15) is 29.9 Å². The van der Waals surface area contributed by atoms with Crippen LogP contribution < -0.4 is 14.8 Å². The highest BCUT2D eigenvalue weighted by Gasteiger charge is 2.24. The highest BCUT2D eigenvalue weighted by molar-refractivity contribution is 6.05. The Morgan fingerprint density at radius 1 is 1.12 bits per heavy atom. The van der Waals surface area contributed by atoms with Crippen molar-refractivity contribution in [3.8, 4) is 11.5 Å². The Hall–Kier alpha value is -3.27. The van der Waals surface area contributed by atoms with E-state index in [4.69, 9.17) is 9.47 Å². The Labute approximate surface area is 188 Å². The molecule has 11 heteroatoms. The number of hydrogen-bond acceptors (Lipinski definition) is 7. The molecule has 2 aromatic heterocycles. The van der Waals surface area contributed by atoms with Crippen LogP contribution in [0.25, 0.3) is 11.0 Å².